The highest BCUT2D eigenvalue weighted by atomic mass is 16.5. The molecule has 0 atom stereocenters. The van der Waals surface area contributed by atoms with Crippen LogP contribution in [0, 0.1) is 6.92 Å². The van der Waals surface area contributed by atoms with Crippen molar-refractivity contribution in [2.75, 3.05) is 6.61 Å². The Balaban J connectivity index is 2.56. The zero-order chi connectivity index (χ0) is 14.0. The summed E-state index contributed by atoms with van der Waals surface area (Å²) in [5, 5.41) is 4.05. The number of aromatic nitrogens is 3. The second-order valence-corrected chi connectivity index (χ2v) is 4.08. The summed E-state index contributed by atoms with van der Waals surface area (Å²) in [7, 11) is 1.50. The monoisotopic (exact) mass is 261 g/mol. The molecule has 2 aromatic rings. The lowest BCUT2D eigenvalue weighted by Gasteiger charge is -2.02. The van der Waals surface area contributed by atoms with Crippen molar-refractivity contribution in [1.82, 2.24) is 14.3 Å². The van der Waals surface area contributed by atoms with E-state index in [2.05, 4.69) is 5.10 Å². The average molecular weight is 261 g/mol. The zero-order valence-electron chi connectivity index (χ0n) is 11.1. The number of para-hydroxylation sites is 1. The number of esters is 1. The number of carbonyl (C=O) groups excluding carboxylic acids is 1. The molecule has 0 unspecified atom stereocenters. The molecule has 0 spiro atoms. The van der Waals surface area contributed by atoms with E-state index in [-0.39, 0.29) is 18.1 Å². The third-order valence-corrected chi connectivity index (χ3v) is 2.78. The molecule has 0 amide bonds. The van der Waals surface area contributed by atoms with Gasteiger partial charge in [-0.25, -0.2) is 9.59 Å². The summed E-state index contributed by atoms with van der Waals surface area (Å²) in [4.78, 5) is 23.8. The van der Waals surface area contributed by atoms with Gasteiger partial charge in [0.05, 0.1) is 12.3 Å². The first-order valence-electron chi connectivity index (χ1n) is 5.95. The normalized spacial score (nSPS) is 10.5. The summed E-state index contributed by atoms with van der Waals surface area (Å²) < 4.78 is 7.26. The number of rotatable bonds is 3. The molecule has 1 aromatic heterocycles. The first-order chi connectivity index (χ1) is 9.06. The molecule has 0 N–H and O–H groups in total. The van der Waals surface area contributed by atoms with Crippen LogP contribution < -0.4 is 5.69 Å². The fourth-order valence-corrected chi connectivity index (χ4v) is 1.77. The molecule has 0 aliphatic heterocycles. The molecule has 0 saturated heterocycles. The van der Waals surface area contributed by atoms with Gasteiger partial charge in [0.15, 0.2) is 0 Å². The van der Waals surface area contributed by atoms with Crippen LogP contribution in [0.25, 0.3) is 5.69 Å². The van der Waals surface area contributed by atoms with E-state index in [1.165, 1.54) is 16.3 Å². The van der Waals surface area contributed by atoms with Gasteiger partial charge in [-0.2, -0.15) is 4.68 Å². The number of aryl methyl sites for hydroxylation is 1. The van der Waals surface area contributed by atoms with Gasteiger partial charge in [0.2, 0.25) is 5.82 Å². The van der Waals surface area contributed by atoms with Crippen molar-refractivity contribution in [3.8, 4) is 5.69 Å². The molecule has 0 saturated carbocycles. The molecule has 6 nitrogen and oxygen atoms in total. The molecule has 1 aromatic carbocycles. The molecular weight excluding hydrogens is 246 g/mol. The van der Waals surface area contributed by atoms with Gasteiger partial charge in [0.25, 0.3) is 0 Å². The topological polar surface area (TPSA) is 66.1 Å². The van der Waals surface area contributed by atoms with Crippen molar-refractivity contribution in [3.05, 3.63) is 46.1 Å². The van der Waals surface area contributed by atoms with Crippen LogP contribution in [0.2, 0.25) is 0 Å². The van der Waals surface area contributed by atoms with Crippen LogP contribution in [0.5, 0.6) is 0 Å². The molecule has 6 heteroatoms. The molecule has 0 aliphatic rings. The van der Waals surface area contributed by atoms with Crippen LogP contribution in [-0.4, -0.2) is 26.9 Å². The number of ether oxygens (including phenoxy) is 1. The Morgan fingerprint density at radius 3 is 2.68 bits per heavy atom. The van der Waals surface area contributed by atoms with Crippen LogP contribution in [-0.2, 0) is 11.8 Å². The Morgan fingerprint density at radius 2 is 2.05 bits per heavy atom. The van der Waals surface area contributed by atoms with Crippen molar-refractivity contribution >= 4 is 5.97 Å². The van der Waals surface area contributed by atoms with Crippen molar-refractivity contribution in [1.29, 1.82) is 0 Å². The van der Waals surface area contributed by atoms with E-state index >= 15 is 0 Å². The molecule has 0 radical (unpaired) electrons. The lowest BCUT2D eigenvalue weighted by Crippen LogP contribution is -2.23. The quantitative estimate of drug-likeness (QED) is 0.775. The minimum absolute atomic E-state index is 0.00453. The highest BCUT2D eigenvalue weighted by Gasteiger charge is 2.19. The molecular formula is C13H15N3O3. The van der Waals surface area contributed by atoms with Gasteiger partial charge in [-0.15, -0.1) is 5.10 Å². The maximum Gasteiger partial charge on any atom is 0.376 e. The van der Waals surface area contributed by atoms with Crippen LogP contribution in [0.15, 0.2) is 29.1 Å². The second kappa shape index (κ2) is 5.09. The van der Waals surface area contributed by atoms with Gasteiger partial charge in [-0.3, -0.25) is 4.57 Å². The summed E-state index contributed by atoms with van der Waals surface area (Å²) in [5.74, 6) is -0.607. The van der Waals surface area contributed by atoms with E-state index in [4.69, 9.17) is 4.74 Å². The molecule has 100 valence electrons. The van der Waals surface area contributed by atoms with Gasteiger partial charge >= 0.3 is 11.7 Å². The number of carbonyl (C=O) groups is 1. The number of nitrogens with zero attached hydrogens (tertiary/aromatic N) is 3. The predicted octanol–water partition coefficient (Wildman–Crippen LogP) is 1.06. The van der Waals surface area contributed by atoms with Crippen LogP contribution in [0.3, 0.4) is 0 Å². The fourth-order valence-electron chi connectivity index (χ4n) is 1.77. The Bertz CT molecular complexity index is 670. The van der Waals surface area contributed by atoms with Gasteiger partial charge in [0.1, 0.15) is 0 Å². The van der Waals surface area contributed by atoms with Crippen molar-refractivity contribution in [3.63, 3.8) is 0 Å². The number of hydrogen-bond acceptors (Lipinski definition) is 4. The van der Waals surface area contributed by atoms with Gasteiger partial charge in [-0.1, -0.05) is 18.2 Å². The van der Waals surface area contributed by atoms with Crippen molar-refractivity contribution in [2.45, 2.75) is 13.8 Å². The Labute approximate surface area is 110 Å². The Kier molecular flexibility index (Phi) is 3.50. The number of hydrogen-bond donors (Lipinski definition) is 0. The van der Waals surface area contributed by atoms with Gasteiger partial charge in [-0.05, 0) is 25.5 Å². The smallest absolute Gasteiger partial charge is 0.376 e. The largest absolute Gasteiger partial charge is 0.460 e. The standard InChI is InChI=1S/C13H15N3O3/c1-4-19-12(17)11-14-16(13(18)15(11)3)10-8-6-5-7-9(10)2/h5-8H,4H2,1-3H3. The van der Waals surface area contributed by atoms with Crippen molar-refractivity contribution < 1.29 is 9.53 Å². The van der Waals surface area contributed by atoms with Crippen molar-refractivity contribution in [2.24, 2.45) is 7.05 Å². The summed E-state index contributed by atoms with van der Waals surface area (Å²) >= 11 is 0. The van der Waals surface area contributed by atoms with Crippen LogP contribution in [0.1, 0.15) is 23.1 Å². The summed E-state index contributed by atoms with van der Waals surface area (Å²) in [6.45, 7) is 3.82. The Hall–Kier alpha value is -2.37. The SMILES string of the molecule is CCOC(=O)c1nn(-c2ccccc2C)c(=O)n1C. The minimum Gasteiger partial charge on any atom is -0.460 e. The second-order valence-electron chi connectivity index (χ2n) is 4.08. The number of benzene rings is 1. The third kappa shape index (κ3) is 2.29. The lowest BCUT2D eigenvalue weighted by atomic mass is 10.2. The first kappa shape index (κ1) is 13.1. The maximum atomic E-state index is 12.1. The van der Waals surface area contributed by atoms with E-state index in [0.717, 1.165) is 5.56 Å². The highest BCUT2D eigenvalue weighted by Crippen LogP contribution is 2.10. The van der Waals surface area contributed by atoms with Gasteiger partial charge in [0, 0.05) is 7.05 Å². The predicted molar refractivity (Wildman–Crippen MR) is 69.5 cm³/mol. The molecule has 0 aliphatic carbocycles. The van der Waals surface area contributed by atoms with E-state index in [0.29, 0.717) is 5.69 Å². The van der Waals surface area contributed by atoms with E-state index in [1.54, 1.807) is 13.0 Å². The third-order valence-electron chi connectivity index (χ3n) is 2.78. The Morgan fingerprint density at radius 1 is 1.37 bits per heavy atom. The molecule has 0 bridgehead atoms. The van der Waals surface area contributed by atoms with Crippen LogP contribution >= 0.6 is 0 Å². The summed E-state index contributed by atoms with van der Waals surface area (Å²) in [6.07, 6.45) is 0. The van der Waals surface area contributed by atoms with E-state index in [9.17, 15) is 9.59 Å². The minimum atomic E-state index is -0.602. The van der Waals surface area contributed by atoms with E-state index in [1.807, 2.05) is 25.1 Å². The van der Waals surface area contributed by atoms with E-state index < -0.39 is 5.97 Å². The van der Waals surface area contributed by atoms with Gasteiger partial charge < -0.3 is 4.74 Å². The molecule has 0 fully saturated rings. The maximum absolute atomic E-state index is 12.1. The fraction of sp³-hybridized carbons (Fsp3) is 0.308. The molecule has 1 heterocycles. The average Bonchev–Trinajstić information content (AvgIpc) is 2.68. The molecule has 19 heavy (non-hydrogen) atoms. The lowest BCUT2D eigenvalue weighted by molar-refractivity contribution is 0.0506. The van der Waals surface area contributed by atoms with Crippen LogP contribution in [0.4, 0.5) is 0 Å². The summed E-state index contributed by atoms with van der Waals surface area (Å²) in [5.41, 5.74) is 1.18. The molecule has 2 rings (SSSR count). The highest BCUT2D eigenvalue weighted by molar-refractivity contribution is 5.85. The zero-order valence-corrected chi connectivity index (χ0v) is 11.1. The summed E-state index contributed by atoms with van der Waals surface area (Å²) in [6, 6.07) is 7.34. The first-order valence-corrected chi connectivity index (χ1v) is 5.95.